The fourth-order valence-electron chi connectivity index (χ4n) is 4.18. The number of fused-ring (bicyclic) bond motifs is 3. The van der Waals surface area contributed by atoms with Crippen LogP contribution in [0.5, 0.6) is 0 Å². The lowest BCUT2D eigenvalue weighted by molar-refractivity contribution is -0.505. The summed E-state index contributed by atoms with van der Waals surface area (Å²) in [7, 11) is 0. The molecule has 2 aromatic carbocycles. The van der Waals surface area contributed by atoms with Gasteiger partial charge in [-0.2, -0.15) is 0 Å². The first-order chi connectivity index (χ1) is 13.2. The topological polar surface area (TPSA) is 46.4 Å². The summed E-state index contributed by atoms with van der Waals surface area (Å²) in [5, 5.41) is 13.8. The second kappa shape index (κ2) is 6.43. The van der Waals surface area contributed by atoms with Crippen molar-refractivity contribution in [1.82, 2.24) is 0 Å². The van der Waals surface area contributed by atoms with Gasteiger partial charge in [-0.25, -0.2) is 0 Å². The van der Waals surface area contributed by atoms with E-state index in [1.165, 1.54) is 11.3 Å². The number of nitro groups is 1. The number of hydrogen-bond donors (Lipinski definition) is 0. The summed E-state index contributed by atoms with van der Waals surface area (Å²) in [5.41, 5.74) is 6.63. The van der Waals surface area contributed by atoms with Crippen molar-refractivity contribution in [3.05, 3.63) is 99.1 Å². The molecular formula is C22H18N2O2S. The monoisotopic (exact) mass is 374 g/mol. The van der Waals surface area contributed by atoms with Crippen LogP contribution in [-0.2, 0) is 0 Å². The van der Waals surface area contributed by atoms with E-state index in [2.05, 4.69) is 40.6 Å². The largest absolute Gasteiger partial charge is 0.313 e. The molecule has 2 heterocycles. The van der Waals surface area contributed by atoms with Crippen molar-refractivity contribution in [1.29, 1.82) is 0 Å². The quantitative estimate of drug-likeness (QED) is 0.526. The van der Waals surface area contributed by atoms with Crippen LogP contribution in [0.1, 0.15) is 23.5 Å². The number of allylic oxidation sites excluding steroid dienone is 3. The molecule has 0 N–H and O–H groups in total. The highest BCUT2D eigenvalue weighted by molar-refractivity contribution is 8.02. The molecule has 0 spiro atoms. The van der Waals surface area contributed by atoms with Crippen molar-refractivity contribution in [2.75, 3.05) is 10.7 Å². The highest BCUT2D eigenvalue weighted by Gasteiger charge is 2.38. The first-order valence-electron chi connectivity index (χ1n) is 9.05. The third-order valence-corrected chi connectivity index (χ3v) is 6.40. The third kappa shape index (κ3) is 2.61. The molecule has 0 saturated heterocycles. The van der Waals surface area contributed by atoms with Gasteiger partial charge in [-0.1, -0.05) is 48.6 Å². The first-order valence-corrected chi connectivity index (χ1v) is 10.1. The maximum absolute atomic E-state index is 11.5. The maximum atomic E-state index is 11.5. The smallest absolute Gasteiger partial charge is 0.242 e. The van der Waals surface area contributed by atoms with E-state index in [0.29, 0.717) is 12.3 Å². The molecule has 0 radical (unpaired) electrons. The Labute approximate surface area is 162 Å². The molecule has 2 aromatic rings. The fourth-order valence-corrected chi connectivity index (χ4v) is 5.26. The molecule has 5 heteroatoms. The lowest BCUT2D eigenvalue weighted by Gasteiger charge is -2.22. The van der Waals surface area contributed by atoms with Crippen LogP contribution in [0.25, 0.3) is 5.57 Å². The Morgan fingerprint density at radius 2 is 2.00 bits per heavy atom. The van der Waals surface area contributed by atoms with Crippen molar-refractivity contribution in [2.45, 2.75) is 18.4 Å². The molecule has 0 aromatic heterocycles. The second-order valence-corrected chi connectivity index (χ2v) is 7.86. The van der Waals surface area contributed by atoms with Crippen molar-refractivity contribution in [3.8, 4) is 0 Å². The van der Waals surface area contributed by atoms with Crippen molar-refractivity contribution >= 4 is 28.7 Å². The molecule has 1 aliphatic carbocycles. The van der Waals surface area contributed by atoms with E-state index < -0.39 is 6.04 Å². The lowest BCUT2D eigenvalue weighted by atomic mass is 9.91. The zero-order chi connectivity index (χ0) is 18.4. The second-order valence-electron chi connectivity index (χ2n) is 6.96. The van der Waals surface area contributed by atoms with Gasteiger partial charge in [-0.05, 0) is 34.7 Å². The van der Waals surface area contributed by atoms with E-state index in [1.807, 2.05) is 48.2 Å². The van der Waals surface area contributed by atoms with Gasteiger partial charge in [0.15, 0.2) is 0 Å². The molecule has 0 amide bonds. The number of thioether (sulfide) groups is 1. The molecule has 0 fully saturated rings. The number of benzene rings is 2. The molecule has 27 heavy (non-hydrogen) atoms. The molecule has 2 unspecified atom stereocenters. The van der Waals surface area contributed by atoms with Gasteiger partial charge in [0.1, 0.15) is 0 Å². The number of anilines is 2. The lowest BCUT2D eigenvalue weighted by Crippen LogP contribution is -2.22. The van der Waals surface area contributed by atoms with Gasteiger partial charge in [0.25, 0.3) is 0 Å². The van der Waals surface area contributed by atoms with Crippen molar-refractivity contribution in [2.24, 2.45) is 0 Å². The van der Waals surface area contributed by atoms with Crippen molar-refractivity contribution in [3.63, 3.8) is 0 Å². The minimum absolute atomic E-state index is 0.175. The molecule has 2 atom stereocenters. The number of rotatable bonds is 3. The van der Waals surface area contributed by atoms with Gasteiger partial charge < -0.3 is 4.90 Å². The molecular weight excluding hydrogens is 356 g/mol. The van der Waals surface area contributed by atoms with Gasteiger partial charge in [0, 0.05) is 40.0 Å². The summed E-state index contributed by atoms with van der Waals surface area (Å²) < 4.78 is 0. The zero-order valence-corrected chi connectivity index (χ0v) is 15.4. The minimum Gasteiger partial charge on any atom is -0.313 e. The Kier molecular flexibility index (Phi) is 3.90. The minimum atomic E-state index is -0.672. The Hall–Kier alpha value is -2.79. The molecule has 0 saturated carbocycles. The van der Waals surface area contributed by atoms with Crippen LogP contribution < -0.4 is 4.90 Å². The highest BCUT2D eigenvalue weighted by atomic mass is 32.2. The summed E-state index contributed by atoms with van der Waals surface area (Å²) in [6, 6.07) is 16.0. The summed E-state index contributed by atoms with van der Waals surface area (Å²) >= 11 is 1.85. The van der Waals surface area contributed by atoms with E-state index in [1.54, 1.807) is 0 Å². The first kappa shape index (κ1) is 16.4. The Balaban J connectivity index is 1.64. The van der Waals surface area contributed by atoms with E-state index in [-0.39, 0.29) is 4.92 Å². The highest BCUT2D eigenvalue weighted by Crippen LogP contribution is 2.53. The zero-order valence-electron chi connectivity index (χ0n) is 14.6. The number of nitrogens with zero attached hydrogens (tertiary/aromatic N) is 2. The SMILES string of the molecule is O=[N+]([O-])C1CC=CC=C1c1ccc2c(c1)N(c1ccccc1)C1=CSCC12. The van der Waals surface area contributed by atoms with Crippen LogP contribution in [0.2, 0.25) is 0 Å². The van der Waals surface area contributed by atoms with Gasteiger partial charge in [-0.15, -0.1) is 11.8 Å². The molecule has 3 aliphatic rings. The molecule has 2 aliphatic heterocycles. The van der Waals surface area contributed by atoms with Crippen LogP contribution in [0, 0.1) is 10.1 Å². The van der Waals surface area contributed by atoms with Crippen LogP contribution in [0.15, 0.2) is 77.9 Å². The third-order valence-electron chi connectivity index (χ3n) is 5.46. The summed E-state index contributed by atoms with van der Waals surface area (Å²) in [5.74, 6) is 1.44. The Morgan fingerprint density at radius 3 is 2.81 bits per heavy atom. The average Bonchev–Trinajstić information content (AvgIpc) is 3.28. The molecule has 134 valence electrons. The standard InChI is InChI=1S/C22H18N2O2S/c25-24(26)20-9-5-4-8-17(20)15-10-11-18-19-13-27-14-22(19)23(21(18)12-15)16-6-2-1-3-7-16/h1-8,10-12,14,19-20H,9,13H2. The van der Waals surface area contributed by atoms with Gasteiger partial charge in [-0.3, -0.25) is 10.1 Å². The predicted molar refractivity (Wildman–Crippen MR) is 111 cm³/mol. The number of para-hydroxylation sites is 1. The Bertz CT molecular complexity index is 1010. The maximum Gasteiger partial charge on any atom is 0.242 e. The van der Waals surface area contributed by atoms with E-state index in [0.717, 1.165) is 28.3 Å². The van der Waals surface area contributed by atoms with E-state index in [9.17, 15) is 10.1 Å². The predicted octanol–water partition coefficient (Wildman–Crippen LogP) is 5.50. The summed E-state index contributed by atoms with van der Waals surface area (Å²) in [6.07, 6.45) is 6.12. The van der Waals surface area contributed by atoms with Gasteiger partial charge >= 0.3 is 0 Å². The fraction of sp³-hybridized carbons (Fsp3) is 0.182. The van der Waals surface area contributed by atoms with Crippen LogP contribution in [-0.4, -0.2) is 16.7 Å². The normalized spacial score (nSPS) is 22.9. The Morgan fingerprint density at radius 1 is 1.15 bits per heavy atom. The summed E-state index contributed by atoms with van der Waals surface area (Å²) in [4.78, 5) is 13.7. The van der Waals surface area contributed by atoms with Gasteiger partial charge in [0.05, 0.1) is 5.69 Å². The molecule has 0 bridgehead atoms. The van der Waals surface area contributed by atoms with E-state index in [4.69, 9.17) is 0 Å². The van der Waals surface area contributed by atoms with Crippen molar-refractivity contribution < 1.29 is 4.92 Å². The van der Waals surface area contributed by atoms with Crippen LogP contribution in [0.3, 0.4) is 0 Å². The molecule has 4 nitrogen and oxygen atoms in total. The average molecular weight is 374 g/mol. The number of hydrogen-bond acceptors (Lipinski definition) is 4. The van der Waals surface area contributed by atoms with Crippen LogP contribution >= 0.6 is 11.8 Å². The van der Waals surface area contributed by atoms with Crippen LogP contribution in [0.4, 0.5) is 11.4 Å². The van der Waals surface area contributed by atoms with E-state index >= 15 is 0 Å². The summed E-state index contributed by atoms with van der Waals surface area (Å²) in [6.45, 7) is 0. The molecule has 5 rings (SSSR count). The van der Waals surface area contributed by atoms with Gasteiger partial charge in [0.2, 0.25) is 6.04 Å².